The van der Waals surface area contributed by atoms with Crippen LogP contribution in [0.25, 0.3) is 16.9 Å². The molecule has 1 heterocycles. The Balaban J connectivity index is 2.05. The number of ether oxygens (including phenoxy) is 1. The van der Waals surface area contributed by atoms with E-state index in [-0.39, 0.29) is 24.1 Å². The van der Waals surface area contributed by atoms with E-state index in [0.29, 0.717) is 5.69 Å². The minimum absolute atomic E-state index is 0.0194. The minimum Gasteiger partial charge on any atom is -0.461 e. The monoisotopic (exact) mass is 405 g/mol. The van der Waals surface area contributed by atoms with Crippen molar-refractivity contribution in [1.82, 2.24) is 9.78 Å². The highest BCUT2D eigenvalue weighted by molar-refractivity contribution is 5.93. The Morgan fingerprint density at radius 2 is 1.87 bits per heavy atom. The molecule has 3 rings (SSSR count). The molecule has 0 spiro atoms. The molecule has 156 valence electrons. The van der Waals surface area contributed by atoms with Gasteiger partial charge in [0.1, 0.15) is 0 Å². The van der Waals surface area contributed by atoms with Crippen molar-refractivity contribution < 1.29 is 14.3 Å². The summed E-state index contributed by atoms with van der Waals surface area (Å²) >= 11 is 0. The number of hydrogen-bond acceptors (Lipinski definition) is 4. The lowest BCUT2D eigenvalue weighted by molar-refractivity contribution is -0.119. The third kappa shape index (κ3) is 4.76. The predicted molar refractivity (Wildman–Crippen MR) is 118 cm³/mol. The van der Waals surface area contributed by atoms with E-state index < -0.39 is 5.97 Å². The van der Waals surface area contributed by atoms with Gasteiger partial charge in [-0.2, -0.15) is 5.10 Å². The number of carbonyl (C=O) groups is 2. The summed E-state index contributed by atoms with van der Waals surface area (Å²) in [5, 5.41) is 7.46. The Morgan fingerprint density at radius 3 is 2.57 bits per heavy atom. The first kappa shape index (κ1) is 21.3. The van der Waals surface area contributed by atoms with Gasteiger partial charge in [0.25, 0.3) is 0 Å². The molecule has 30 heavy (non-hydrogen) atoms. The maximum atomic E-state index is 12.3. The van der Waals surface area contributed by atoms with Crippen molar-refractivity contribution in [2.45, 2.75) is 34.1 Å². The van der Waals surface area contributed by atoms with Crippen molar-refractivity contribution in [3.63, 3.8) is 0 Å². The fourth-order valence-corrected chi connectivity index (χ4v) is 3.06. The number of hydrogen-bond donors (Lipinski definition) is 1. The van der Waals surface area contributed by atoms with Gasteiger partial charge in [0, 0.05) is 17.2 Å². The van der Waals surface area contributed by atoms with Crippen molar-refractivity contribution in [2.24, 2.45) is 5.92 Å². The number of carbonyl (C=O) groups excluding carboxylic acids is 2. The lowest BCUT2D eigenvalue weighted by Gasteiger charge is -2.12. The number of aryl methyl sites for hydroxylation is 1. The number of esters is 1. The molecule has 2 aromatic carbocycles. The first-order chi connectivity index (χ1) is 14.4. The molecule has 6 heteroatoms. The number of amides is 1. The molecule has 6 nitrogen and oxygen atoms in total. The van der Waals surface area contributed by atoms with Crippen LogP contribution in [0.3, 0.4) is 0 Å². The van der Waals surface area contributed by atoms with Crippen LogP contribution in [0.15, 0.2) is 54.6 Å². The van der Waals surface area contributed by atoms with Gasteiger partial charge in [-0.15, -0.1) is 0 Å². The first-order valence-corrected chi connectivity index (χ1v) is 10.2. The van der Waals surface area contributed by atoms with Crippen molar-refractivity contribution in [1.29, 1.82) is 0 Å². The average molecular weight is 405 g/mol. The molecule has 0 aliphatic heterocycles. The Bertz CT molecular complexity index is 1060. The number of rotatable bonds is 7. The fourth-order valence-electron chi connectivity index (χ4n) is 3.06. The zero-order valence-electron chi connectivity index (χ0n) is 17.8. The fraction of sp³-hybridized carbons (Fsp3) is 0.292. The zero-order valence-corrected chi connectivity index (χ0v) is 17.8. The third-order valence-electron chi connectivity index (χ3n) is 4.93. The average Bonchev–Trinajstić information content (AvgIpc) is 3.19. The summed E-state index contributed by atoms with van der Waals surface area (Å²) in [5.74, 6) is -0.553. The summed E-state index contributed by atoms with van der Waals surface area (Å²) in [7, 11) is 0. The quantitative estimate of drug-likeness (QED) is 0.561. The molecule has 1 N–H and O–H groups in total. The van der Waals surface area contributed by atoms with Crippen LogP contribution in [0.2, 0.25) is 0 Å². The molecule has 0 bridgehead atoms. The highest BCUT2D eigenvalue weighted by Gasteiger charge is 2.18. The van der Waals surface area contributed by atoms with Crippen LogP contribution in [-0.2, 0) is 9.53 Å². The van der Waals surface area contributed by atoms with E-state index in [9.17, 15) is 9.59 Å². The van der Waals surface area contributed by atoms with Gasteiger partial charge in [-0.25, -0.2) is 9.48 Å². The second-order valence-electron chi connectivity index (χ2n) is 7.27. The SMILES string of the molecule is CCOC(=O)c1cc(-c2cccc(NC(=O)C(C)CC)c2)n(-c2cccc(C)c2)n1. The second-order valence-corrected chi connectivity index (χ2v) is 7.27. The standard InChI is InChI=1S/C24H27N3O3/c1-5-17(4)23(28)25-19-11-8-10-18(14-19)22-15-21(24(29)30-6-2)26-27(22)20-12-7-9-16(3)13-20/h7-15,17H,5-6H2,1-4H3,(H,25,28). The van der Waals surface area contributed by atoms with Gasteiger partial charge in [-0.3, -0.25) is 4.79 Å². The van der Waals surface area contributed by atoms with Gasteiger partial charge in [0.15, 0.2) is 5.69 Å². The number of anilines is 1. The highest BCUT2D eigenvalue weighted by atomic mass is 16.5. The van der Waals surface area contributed by atoms with Crippen molar-refractivity contribution in [3.8, 4) is 16.9 Å². The smallest absolute Gasteiger partial charge is 0.358 e. The summed E-state index contributed by atoms with van der Waals surface area (Å²) in [6.45, 7) is 7.93. The maximum Gasteiger partial charge on any atom is 0.358 e. The molecule has 0 aliphatic carbocycles. The van der Waals surface area contributed by atoms with Gasteiger partial charge in [-0.1, -0.05) is 38.1 Å². The van der Waals surface area contributed by atoms with E-state index >= 15 is 0 Å². The summed E-state index contributed by atoms with van der Waals surface area (Å²) in [6.07, 6.45) is 0.772. The molecule has 0 saturated heterocycles. The van der Waals surface area contributed by atoms with E-state index in [1.165, 1.54) is 0 Å². The van der Waals surface area contributed by atoms with Crippen molar-refractivity contribution in [2.75, 3.05) is 11.9 Å². The van der Waals surface area contributed by atoms with Crippen molar-refractivity contribution >= 4 is 17.6 Å². The second kappa shape index (κ2) is 9.39. The Labute approximate surface area is 176 Å². The van der Waals surface area contributed by atoms with E-state index in [2.05, 4.69) is 10.4 Å². The molecule has 0 fully saturated rings. The zero-order chi connectivity index (χ0) is 21.7. The Morgan fingerprint density at radius 1 is 1.10 bits per heavy atom. The number of nitrogens with zero attached hydrogens (tertiary/aromatic N) is 2. The molecular formula is C24H27N3O3. The lowest BCUT2D eigenvalue weighted by Crippen LogP contribution is -2.19. The van der Waals surface area contributed by atoms with Crippen molar-refractivity contribution in [3.05, 3.63) is 65.9 Å². The van der Waals surface area contributed by atoms with Gasteiger partial charge in [0.05, 0.1) is 18.0 Å². The summed E-state index contributed by atoms with van der Waals surface area (Å²) in [5.41, 5.74) is 4.44. The van der Waals surface area contributed by atoms with Crippen LogP contribution in [0, 0.1) is 12.8 Å². The molecule has 0 aliphatic rings. The van der Waals surface area contributed by atoms with Crippen LogP contribution in [0.4, 0.5) is 5.69 Å². The molecule has 1 unspecified atom stereocenters. The summed E-state index contributed by atoms with van der Waals surface area (Å²) < 4.78 is 6.87. The van der Waals surface area contributed by atoms with Crippen LogP contribution in [-0.4, -0.2) is 28.3 Å². The third-order valence-corrected chi connectivity index (χ3v) is 4.93. The van der Waals surface area contributed by atoms with Gasteiger partial charge in [0.2, 0.25) is 5.91 Å². The summed E-state index contributed by atoms with van der Waals surface area (Å²) in [4.78, 5) is 24.6. The Hall–Kier alpha value is -3.41. The van der Waals surface area contributed by atoms with Crippen LogP contribution in [0.5, 0.6) is 0 Å². The molecule has 1 atom stereocenters. The van der Waals surface area contributed by atoms with Crippen LogP contribution in [0.1, 0.15) is 43.2 Å². The molecule has 1 aromatic heterocycles. The maximum absolute atomic E-state index is 12.3. The van der Waals surface area contributed by atoms with Crippen LogP contribution < -0.4 is 5.32 Å². The normalized spacial score (nSPS) is 11.7. The number of nitrogens with one attached hydrogen (secondary N) is 1. The lowest BCUT2D eigenvalue weighted by atomic mass is 10.1. The number of aromatic nitrogens is 2. The highest BCUT2D eigenvalue weighted by Crippen LogP contribution is 2.27. The molecular weight excluding hydrogens is 378 g/mol. The van der Waals surface area contributed by atoms with E-state index in [1.54, 1.807) is 17.7 Å². The minimum atomic E-state index is -0.466. The molecule has 0 radical (unpaired) electrons. The molecule has 3 aromatic rings. The van der Waals surface area contributed by atoms with E-state index in [0.717, 1.165) is 28.9 Å². The van der Waals surface area contributed by atoms with Gasteiger partial charge in [-0.05, 0) is 56.2 Å². The van der Waals surface area contributed by atoms with E-state index in [1.807, 2.05) is 69.3 Å². The van der Waals surface area contributed by atoms with Gasteiger partial charge >= 0.3 is 5.97 Å². The molecule has 1 amide bonds. The predicted octanol–water partition coefficient (Wildman–Crippen LogP) is 5.01. The Kier molecular flexibility index (Phi) is 6.67. The van der Waals surface area contributed by atoms with Crippen LogP contribution >= 0.6 is 0 Å². The van der Waals surface area contributed by atoms with Gasteiger partial charge < -0.3 is 10.1 Å². The van der Waals surface area contributed by atoms with E-state index in [4.69, 9.17) is 4.74 Å². The number of benzene rings is 2. The summed E-state index contributed by atoms with van der Waals surface area (Å²) in [6, 6.07) is 17.1. The first-order valence-electron chi connectivity index (χ1n) is 10.2. The molecule has 0 saturated carbocycles. The largest absolute Gasteiger partial charge is 0.461 e. The topological polar surface area (TPSA) is 73.2 Å².